The molecule has 0 amide bonds. The van der Waals surface area contributed by atoms with Gasteiger partial charge in [-0.15, -0.1) is 0 Å². The maximum absolute atomic E-state index is 12.6. The van der Waals surface area contributed by atoms with Crippen molar-refractivity contribution in [2.75, 3.05) is 25.5 Å². The van der Waals surface area contributed by atoms with Gasteiger partial charge in [-0.25, -0.2) is 33.4 Å². The highest BCUT2D eigenvalue weighted by atomic mass is 31.3. The summed E-state index contributed by atoms with van der Waals surface area (Å²) < 4.78 is 67.1. The fourth-order valence-corrected chi connectivity index (χ4v) is 7.58. The molecular weight excluding hydrogens is 717 g/mol. The minimum atomic E-state index is -5.53. The Labute approximate surface area is 268 Å². The largest absolute Gasteiger partial charge is 0.481 e. The fourth-order valence-electron chi connectivity index (χ4n) is 4.95. The molecule has 0 radical (unpaired) electrons. The van der Waals surface area contributed by atoms with Gasteiger partial charge in [-0.1, -0.05) is 0 Å². The fraction of sp³-hybridized carbons (Fsp3) is 0.524. The topological polar surface area (TPSA) is 358 Å². The van der Waals surface area contributed by atoms with E-state index in [9.17, 15) is 58.5 Å². The van der Waals surface area contributed by atoms with Gasteiger partial charge in [0.05, 0.1) is 31.7 Å². The zero-order chi connectivity index (χ0) is 35.2. The Morgan fingerprint density at radius 2 is 1.56 bits per heavy atom. The van der Waals surface area contributed by atoms with Crippen molar-refractivity contribution >= 4 is 46.4 Å². The van der Waals surface area contributed by atoms with E-state index in [1.165, 1.54) is 23.3 Å². The summed E-state index contributed by atoms with van der Waals surface area (Å²) in [6.45, 7) is -2.26. The number of aliphatic hydroxyl groups is 3. The van der Waals surface area contributed by atoms with Crippen LogP contribution in [0.25, 0.3) is 11.2 Å². The van der Waals surface area contributed by atoms with Crippen LogP contribution in [0.5, 0.6) is 0 Å². The monoisotopic (exact) mass is 746 g/mol. The summed E-state index contributed by atoms with van der Waals surface area (Å²) in [6, 6.07) is 0. The van der Waals surface area contributed by atoms with Crippen molar-refractivity contribution in [1.82, 2.24) is 24.4 Å². The van der Waals surface area contributed by atoms with Gasteiger partial charge in [-0.2, -0.15) is 4.31 Å². The Bertz CT molecular complexity index is 1730. The molecule has 24 nitrogen and oxygen atoms in total. The molecule has 2 unspecified atom stereocenters. The Morgan fingerprint density at radius 3 is 2.19 bits per heavy atom. The number of phosphoric ester groups is 3. The van der Waals surface area contributed by atoms with Gasteiger partial charge in [0.15, 0.2) is 23.9 Å². The maximum Gasteiger partial charge on any atom is 0.481 e. The number of nitrogens with zero attached hydrogens (tertiary/aromatic N) is 5. The lowest BCUT2D eigenvalue weighted by Crippen LogP contribution is -2.43. The number of carbonyl (C=O) groups is 1. The van der Waals surface area contributed by atoms with Crippen LogP contribution in [0.3, 0.4) is 0 Å². The van der Waals surface area contributed by atoms with E-state index in [2.05, 4.69) is 32.8 Å². The molecular formula is C21H29N6O18P3. The average molecular weight is 746 g/mol. The molecule has 5 heterocycles. The summed E-state index contributed by atoms with van der Waals surface area (Å²) in [7, 11) is -16.3. The number of fused-ring (bicyclic) bond motifs is 1. The van der Waals surface area contributed by atoms with E-state index in [1.807, 2.05) is 0 Å². The van der Waals surface area contributed by atoms with E-state index < -0.39 is 91.7 Å². The lowest BCUT2D eigenvalue weighted by atomic mass is 10.1. The number of phosphoric acid groups is 3. The second-order valence-corrected chi connectivity index (χ2v) is 14.6. The van der Waals surface area contributed by atoms with Gasteiger partial charge < -0.3 is 60.1 Å². The van der Waals surface area contributed by atoms with Gasteiger partial charge in [0.1, 0.15) is 48.5 Å². The quantitative estimate of drug-likeness (QED) is 0.0971. The summed E-state index contributed by atoms with van der Waals surface area (Å²) in [4.78, 5) is 63.2. The van der Waals surface area contributed by atoms with Crippen LogP contribution in [-0.4, -0.2) is 133 Å². The summed E-state index contributed by atoms with van der Waals surface area (Å²) in [5.74, 6) is -1.29. The molecule has 27 heteroatoms. The number of hydrogen-bond acceptors (Lipinski definition) is 18. The van der Waals surface area contributed by atoms with Crippen molar-refractivity contribution in [2.24, 2.45) is 0 Å². The molecule has 3 aliphatic heterocycles. The minimum Gasteiger partial charge on any atom is -0.478 e. The van der Waals surface area contributed by atoms with E-state index in [4.69, 9.17) is 15.2 Å². The number of aliphatic hydroxyl groups excluding tert-OH is 3. The van der Waals surface area contributed by atoms with Crippen LogP contribution in [0.15, 0.2) is 36.6 Å². The Hall–Kier alpha value is -2.73. The third kappa shape index (κ3) is 8.17. The van der Waals surface area contributed by atoms with E-state index in [-0.39, 0.29) is 29.1 Å². The number of carboxylic acid groups (broad SMARTS) is 1. The molecule has 0 aromatic carbocycles. The van der Waals surface area contributed by atoms with Crippen LogP contribution < -0.4 is 5.73 Å². The molecule has 0 aliphatic carbocycles. The van der Waals surface area contributed by atoms with Crippen LogP contribution >= 0.6 is 23.5 Å². The number of rotatable bonds is 13. The number of aromatic nitrogens is 4. The van der Waals surface area contributed by atoms with Crippen LogP contribution in [0.2, 0.25) is 0 Å². The molecule has 10 atom stereocenters. The first-order valence-electron chi connectivity index (χ1n) is 13.4. The highest BCUT2D eigenvalue weighted by Crippen LogP contribution is 2.61. The lowest BCUT2D eigenvalue weighted by Gasteiger charge is -2.30. The highest BCUT2D eigenvalue weighted by Gasteiger charge is 2.51. The zero-order valence-electron chi connectivity index (χ0n) is 23.9. The molecule has 0 saturated carbocycles. The first-order chi connectivity index (χ1) is 22.4. The number of allylic oxidation sites excluding steroid dienone is 2. The number of nitrogens with two attached hydrogens (primary N) is 1. The molecule has 5 rings (SSSR count). The number of nitrogen functional groups attached to an aromatic ring is 1. The smallest absolute Gasteiger partial charge is 0.478 e. The summed E-state index contributed by atoms with van der Waals surface area (Å²) in [6.07, 6.45) is -6.99. The van der Waals surface area contributed by atoms with E-state index in [0.29, 0.717) is 0 Å². The zero-order valence-corrected chi connectivity index (χ0v) is 26.6. The molecule has 2 aromatic rings. The lowest BCUT2D eigenvalue weighted by molar-refractivity contribution is -0.133. The first-order valence-corrected chi connectivity index (χ1v) is 17.9. The third-order valence-corrected chi connectivity index (χ3v) is 10.2. The summed E-state index contributed by atoms with van der Waals surface area (Å²) in [5.41, 5.74) is 5.76. The van der Waals surface area contributed by atoms with Crippen molar-refractivity contribution in [1.29, 1.82) is 0 Å². The molecule has 2 saturated heterocycles. The van der Waals surface area contributed by atoms with Gasteiger partial charge in [0, 0.05) is 6.20 Å². The van der Waals surface area contributed by atoms with Crippen molar-refractivity contribution in [3.05, 3.63) is 36.6 Å². The number of imidazole rings is 1. The predicted molar refractivity (Wildman–Crippen MR) is 151 cm³/mol. The second kappa shape index (κ2) is 13.9. The van der Waals surface area contributed by atoms with Gasteiger partial charge in [-0.05, 0) is 12.2 Å². The summed E-state index contributed by atoms with van der Waals surface area (Å²) >= 11 is 0. The number of hydrogen-bond donors (Lipinski definition) is 9. The molecule has 48 heavy (non-hydrogen) atoms. The predicted octanol–water partition coefficient (Wildman–Crippen LogP) is -2.32. The molecule has 2 fully saturated rings. The van der Waals surface area contributed by atoms with Crippen LogP contribution in [0.4, 0.5) is 5.82 Å². The van der Waals surface area contributed by atoms with Gasteiger partial charge in [0.2, 0.25) is 0 Å². The van der Waals surface area contributed by atoms with Crippen molar-refractivity contribution in [3.63, 3.8) is 0 Å². The number of aliphatic carboxylic acids is 1. The van der Waals surface area contributed by atoms with Gasteiger partial charge >= 0.3 is 29.4 Å². The Morgan fingerprint density at radius 1 is 0.938 bits per heavy atom. The van der Waals surface area contributed by atoms with Gasteiger partial charge in [0.25, 0.3) is 0 Å². The minimum absolute atomic E-state index is 0.000414. The molecule has 0 spiro atoms. The SMILES string of the molecule is Nc1ncnc2c1ncn2[C@@H]1O[C@H](COP(=O)(O)OP(=O)(O)OC[C@H]2O[C@@H](N3C=CC=C(C(=O)O)C3)[C@H](O)[C@@H]2O)[C@@H](O)[C@H]1OP(=O)(O)O. The third-order valence-electron chi connectivity index (χ3n) is 7.11. The second-order valence-electron chi connectivity index (χ2n) is 10.4. The number of anilines is 1. The van der Waals surface area contributed by atoms with Crippen LogP contribution in [0.1, 0.15) is 6.23 Å². The molecule has 0 bridgehead atoms. The molecule has 2 aromatic heterocycles. The van der Waals surface area contributed by atoms with E-state index in [1.54, 1.807) is 0 Å². The van der Waals surface area contributed by atoms with E-state index in [0.717, 1.165) is 17.2 Å². The first kappa shape index (κ1) is 36.5. The molecule has 266 valence electrons. The maximum atomic E-state index is 12.6. The molecule has 10 N–H and O–H groups in total. The Balaban J connectivity index is 1.19. The van der Waals surface area contributed by atoms with Crippen molar-refractivity contribution < 1.29 is 85.8 Å². The standard InChI is InChI=1S/C21H29N6O18P3/c22-17-12-18(24-7-23-17)27(8-25-12)20-16(44-46(33,34)35)14(29)11(43-20)6-41-48(38,39)45-47(36,37)40-5-10-13(28)15(30)19(42-10)26-3-1-2-9(4-26)21(31)32/h1-3,7-8,10-11,13-16,19-20,28-30H,4-6H2,(H,31,32)(H,36,37)(H,38,39)(H2,22,23,24)(H2,33,34,35)/t10-,11-,13-,14-,15-,16-,19-,20-/m1/s1. The van der Waals surface area contributed by atoms with Crippen molar-refractivity contribution in [3.8, 4) is 0 Å². The number of carboxylic acids is 1. The average Bonchev–Trinajstić information content (AvgIpc) is 3.64. The van der Waals surface area contributed by atoms with Crippen LogP contribution in [0, 0.1) is 0 Å². The normalized spacial score (nSPS) is 31.9. The van der Waals surface area contributed by atoms with Gasteiger partial charge in [-0.3, -0.25) is 18.1 Å². The molecule has 3 aliphatic rings. The van der Waals surface area contributed by atoms with E-state index >= 15 is 0 Å². The van der Waals surface area contributed by atoms with Crippen LogP contribution in [-0.2, 0) is 45.8 Å². The van der Waals surface area contributed by atoms with Crippen molar-refractivity contribution in [2.45, 2.75) is 49.1 Å². The Kier molecular flexibility index (Phi) is 10.6. The highest BCUT2D eigenvalue weighted by molar-refractivity contribution is 7.61. The number of ether oxygens (including phenoxy) is 2. The summed E-state index contributed by atoms with van der Waals surface area (Å²) in [5, 5.41) is 40.7.